The van der Waals surface area contributed by atoms with E-state index >= 15 is 0 Å². The summed E-state index contributed by atoms with van der Waals surface area (Å²) in [6, 6.07) is 17.2. The molecule has 0 aliphatic carbocycles. The van der Waals surface area contributed by atoms with E-state index in [4.69, 9.17) is 10.5 Å². The summed E-state index contributed by atoms with van der Waals surface area (Å²) in [4.78, 5) is 12.6. The zero-order valence-electron chi connectivity index (χ0n) is 16.5. The molecule has 0 aliphatic heterocycles. The molecule has 11 nitrogen and oxygen atoms in total. The van der Waals surface area contributed by atoms with Gasteiger partial charge in [0.2, 0.25) is 11.6 Å². The number of amides is 1. The van der Waals surface area contributed by atoms with E-state index in [1.165, 1.54) is 6.21 Å². The highest BCUT2D eigenvalue weighted by Crippen LogP contribution is 2.16. The number of nitrogens with two attached hydrogens (primary N) is 1. The van der Waals surface area contributed by atoms with Crippen molar-refractivity contribution in [3.63, 3.8) is 0 Å². The number of hydrazone groups is 1. The fraction of sp³-hybridized carbons (Fsp3) is 0.100. The minimum atomic E-state index is -0.544. The molecule has 2 aromatic heterocycles. The third-order valence-electron chi connectivity index (χ3n) is 4.24. The third kappa shape index (κ3) is 4.56. The maximum Gasteiger partial charge on any atom is 0.292 e. The van der Waals surface area contributed by atoms with Gasteiger partial charge in [0.1, 0.15) is 12.4 Å². The molecule has 0 saturated carbocycles. The topological polar surface area (TPSA) is 146 Å². The van der Waals surface area contributed by atoms with Crippen LogP contribution in [0.15, 0.2) is 64.3 Å². The maximum atomic E-state index is 12.6. The van der Waals surface area contributed by atoms with Gasteiger partial charge < -0.3 is 10.5 Å². The Morgan fingerprint density at radius 1 is 1.23 bits per heavy atom. The van der Waals surface area contributed by atoms with Crippen LogP contribution in [0, 0.1) is 6.92 Å². The molecule has 4 aromatic rings. The molecular formula is C20H18N8O3. The second kappa shape index (κ2) is 8.86. The molecule has 0 saturated heterocycles. The Balaban J connectivity index is 1.42. The van der Waals surface area contributed by atoms with Gasteiger partial charge in [0.15, 0.2) is 5.69 Å². The van der Waals surface area contributed by atoms with E-state index in [9.17, 15) is 4.79 Å². The molecule has 1 amide bonds. The second-order valence-corrected chi connectivity index (χ2v) is 6.45. The average Bonchev–Trinajstić information content (AvgIpc) is 3.38. The van der Waals surface area contributed by atoms with Crippen molar-refractivity contribution in [1.29, 1.82) is 0 Å². The van der Waals surface area contributed by atoms with E-state index in [2.05, 4.69) is 35.8 Å². The standard InChI is InChI=1S/C20H18N8O3/c1-13-17(28(27-23-13)19-18(21)25-31-26-19)20(29)24-22-11-15-8-5-9-16(10-15)30-12-14-6-3-2-4-7-14/h2-11H,12H2,1H3,(H2,21,25)(H,24,29)/b22-11-. The highest BCUT2D eigenvalue weighted by atomic mass is 16.6. The van der Waals surface area contributed by atoms with Crippen LogP contribution in [-0.2, 0) is 6.61 Å². The number of carbonyl (C=O) groups excluding carboxylic acids is 1. The van der Waals surface area contributed by atoms with Gasteiger partial charge in [0.05, 0.1) is 11.9 Å². The number of aryl methyl sites for hydroxylation is 1. The summed E-state index contributed by atoms with van der Waals surface area (Å²) in [5.41, 5.74) is 10.4. The Morgan fingerprint density at radius 3 is 2.84 bits per heavy atom. The van der Waals surface area contributed by atoms with E-state index in [1.54, 1.807) is 6.92 Å². The first kappa shape index (κ1) is 19.8. The van der Waals surface area contributed by atoms with Crippen molar-refractivity contribution < 1.29 is 14.2 Å². The fourth-order valence-electron chi connectivity index (χ4n) is 2.75. The van der Waals surface area contributed by atoms with Crippen LogP contribution in [0.4, 0.5) is 5.82 Å². The summed E-state index contributed by atoms with van der Waals surface area (Å²) in [6.07, 6.45) is 1.50. The number of hydrogen-bond acceptors (Lipinski definition) is 9. The molecule has 4 rings (SSSR count). The summed E-state index contributed by atoms with van der Waals surface area (Å²) in [7, 11) is 0. The summed E-state index contributed by atoms with van der Waals surface area (Å²) in [5, 5.41) is 18.9. The molecule has 0 bridgehead atoms. The minimum absolute atomic E-state index is 0.0187. The van der Waals surface area contributed by atoms with Gasteiger partial charge in [-0.1, -0.05) is 47.7 Å². The Hall–Kier alpha value is -4.54. The number of carbonyl (C=O) groups is 1. The van der Waals surface area contributed by atoms with Gasteiger partial charge in [-0.25, -0.2) is 10.1 Å². The molecule has 11 heteroatoms. The highest BCUT2D eigenvalue weighted by Gasteiger charge is 2.22. The highest BCUT2D eigenvalue weighted by molar-refractivity contribution is 5.94. The first-order valence-electron chi connectivity index (χ1n) is 9.22. The smallest absolute Gasteiger partial charge is 0.292 e. The lowest BCUT2D eigenvalue weighted by Crippen LogP contribution is -2.22. The third-order valence-corrected chi connectivity index (χ3v) is 4.24. The maximum absolute atomic E-state index is 12.6. The van der Waals surface area contributed by atoms with Crippen molar-refractivity contribution in [3.8, 4) is 11.6 Å². The first-order valence-corrected chi connectivity index (χ1v) is 9.22. The van der Waals surface area contributed by atoms with Crippen LogP contribution in [0.5, 0.6) is 5.75 Å². The SMILES string of the molecule is Cc1nnn(-c2nonc2N)c1C(=O)N/N=C\c1cccc(OCc2ccccc2)c1. The Bertz CT molecular complexity index is 1220. The normalized spacial score (nSPS) is 11.0. The van der Waals surface area contributed by atoms with Crippen molar-refractivity contribution in [2.45, 2.75) is 13.5 Å². The summed E-state index contributed by atoms with van der Waals surface area (Å²) in [6.45, 7) is 2.08. The van der Waals surface area contributed by atoms with Gasteiger partial charge in [-0.05, 0) is 40.5 Å². The molecule has 2 aromatic carbocycles. The predicted molar refractivity (Wildman–Crippen MR) is 111 cm³/mol. The number of nitrogen functional groups attached to an aromatic ring is 1. The van der Waals surface area contributed by atoms with Gasteiger partial charge >= 0.3 is 0 Å². The van der Waals surface area contributed by atoms with Gasteiger partial charge in [0, 0.05) is 0 Å². The Morgan fingerprint density at radius 2 is 2.06 bits per heavy atom. The quantitative estimate of drug-likeness (QED) is 0.342. The lowest BCUT2D eigenvalue weighted by molar-refractivity contribution is 0.0946. The van der Waals surface area contributed by atoms with Crippen molar-refractivity contribution in [1.82, 2.24) is 30.7 Å². The number of benzene rings is 2. The summed E-state index contributed by atoms with van der Waals surface area (Å²) in [5.74, 6) is 0.191. The van der Waals surface area contributed by atoms with Crippen LogP contribution in [0.3, 0.4) is 0 Å². The minimum Gasteiger partial charge on any atom is -0.489 e. The Kier molecular flexibility index (Phi) is 5.65. The number of hydrogen-bond donors (Lipinski definition) is 2. The van der Waals surface area contributed by atoms with Gasteiger partial charge in [0.25, 0.3) is 5.91 Å². The molecule has 3 N–H and O–H groups in total. The zero-order valence-corrected chi connectivity index (χ0v) is 16.5. The van der Waals surface area contributed by atoms with Gasteiger partial charge in [-0.2, -0.15) is 9.78 Å². The lowest BCUT2D eigenvalue weighted by Gasteiger charge is -2.07. The van der Waals surface area contributed by atoms with Crippen LogP contribution in [0.1, 0.15) is 27.3 Å². The largest absolute Gasteiger partial charge is 0.489 e. The molecule has 0 unspecified atom stereocenters. The van der Waals surface area contributed by atoms with E-state index in [1.807, 2.05) is 54.6 Å². The molecule has 0 spiro atoms. The number of nitrogens with zero attached hydrogens (tertiary/aromatic N) is 6. The van der Waals surface area contributed by atoms with Crippen LogP contribution in [-0.4, -0.2) is 37.4 Å². The molecule has 2 heterocycles. The zero-order chi connectivity index (χ0) is 21.6. The van der Waals surface area contributed by atoms with E-state index < -0.39 is 5.91 Å². The number of anilines is 1. The first-order chi connectivity index (χ1) is 15.1. The van der Waals surface area contributed by atoms with E-state index in [0.717, 1.165) is 15.8 Å². The molecule has 0 fully saturated rings. The molecule has 0 aliphatic rings. The van der Waals surface area contributed by atoms with Crippen molar-refractivity contribution >= 4 is 17.9 Å². The molecule has 156 valence electrons. The second-order valence-electron chi connectivity index (χ2n) is 6.45. The number of ether oxygens (including phenoxy) is 1. The van der Waals surface area contributed by atoms with Gasteiger partial charge in [-0.3, -0.25) is 4.79 Å². The van der Waals surface area contributed by atoms with Crippen LogP contribution in [0.25, 0.3) is 5.82 Å². The van der Waals surface area contributed by atoms with Gasteiger partial charge in [-0.15, -0.1) is 5.10 Å². The fourth-order valence-corrected chi connectivity index (χ4v) is 2.75. The van der Waals surface area contributed by atoms with Crippen molar-refractivity contribution in [2.24, 2.45) is 5.10 Å². The Labute approximate surface area is 176 Å². The van der Waals surface area contributed by atoms with Crippen LogP contribution >= 0.6 is 0 Å². The molecule has 31 heavy (non-hydrogen) atoms. The van der Waals surface area contributed by atoms with E-state index in [-0.39, 0.29) is 17.3 Å². The lowest BCUT2D eigenvalue weighted by atomic mass is 10.2. The predicted octanol–water partition coefficient (Wildman–Crippen LogP) is 1.88. The molecule has 0 atom stereocenters. The number of nitrogens with one attached hydrogen (secondary N) is 1. The monoisotopic (exact) mass is 418 g/mol. The summed E-state index contributed by atoms with van der Waals surface area (Å²) >= 11 is 0. The summed E-state index contributed by atoms with van der Waals surface area (Å²) < 4.78 is 11.5. The van der Waals surface area contributed by atoms with Crippen molar-refractivity contribution in [2.75, 3.05) is 5.73 Å². The average molecular weight is 418 g/mol. The van der Waals surface area contributed by atoms with Crippen LogP contribution in [0.2, 0.25) is 0 Å². The molecule has 0 radical (unpaired) electrons. The van der Waals surface area contributed by atoms with Crippen LogP contribution < -0.4 is 15.9 Å². The number of rotatable bonds is 7. The van der Waals surface area contributed by atoms with Crippen molar-refractivity contribution in [3.05, 3.63) is 77.1 Å². The molecular weight excluding hydrogens is 400 g/mol. The number of aromatic nitrogens is 5. The van der Waals surface area contributed by atoms with E-state index in [0.29, 0.717) is 18.1 Å².